The first kappa shape index (κ1) is 20.2. The molecule has 32 heavy (non-hydrogen) atoms. The molecule has 0 unspecified atom stereocenters. The minimum atomic E-state index is -0.651. The number of aromatic nitrogens is 3. The van der Waals surface area contributed by atoms with Crippen LogP contribution in [-0.4, -0.2) is 41.1 Å². The predicted molar refractivity (Wildman–Crippen MR) is 120 cm³/mol. The quantitative estimate of drug-likeness (QED) is 0.428. The first-order valence-corrected chi connectivity index (χ1v) is 10.4. The lowest BCUT2D eigenvalue weighted by Crippen LogP contribution is -2.43. The Morgan fingerprint density at radius 3 is 2.59 bits per heavy atom. The number of hydrogen-bond donors (Lipinski definition) is 3. The fourth-order valence-corrected chi connectivity index (χ4v) is 3.81. The van der Waals surface area contributed by atoms with Crippen LogP contribution in [-0.2, 0) is 0 Å². The van der Waals surface area contributed by atoms with E-state index in [1.165, 1.54) is 18.5 Å². The molecule has 4 aromatic rings. The van der Waals surface area contributed by atoms with Crippen molar-refractivity contribution in [1.82, 2.24) is 20.3 Å². The van der Waals surface area contributed by atoms with Crippen molar-refractivity contribution in [1.29, 1.82) is 0 Å². The molecule has 7 nitrogen and oxygen atoms in total. The summed E-state index contributed by atoms with van der Waals surface area (Å²) >= 11 is 0. The smallest absolute Gasteiger partial charge is 0.224 e. The van der Waals surface area contributed by atoms with Gasteiger partial charge in [-0.1, -0.05) is 0 Å². The lowest BCUT2D eigenvalue weighted by Gasteiger charge is -2.29. The molecule has 5 rings (SSSR count). The molecule has 0 spiro atoms. The van der Waals surface area contributed by atoms with Crippen molar-refractivity contribution in [3.63, 3.8) is 0 Å². The zero-order valence-corrected chi connectivity index (χ0v) is 17.5. The Kier molecular flexibility index (Phi) is 5.32. The number of nitrogens with one attached hydrogen (secondary N) is 3. The molecule has 9 heteroatoms. The first-order chi connectivity index (χ1) is 15.6. The summed E-state index contributed by atoms with van der Waals surface area (Å²) in [6, 6.07) is 12.1. The van der Waals surface area contributed by atoms with E-state index in [2.05, 4.69) is 42.6 Å². The summed E-state index contributed by atoms with van der Waals surface area (Å²) in [5.41, 5.74) is 2.78. The van der Waals surface area contributed by atoms with E-state index in [0.717, 1.165) is 43.6 Å². The number of H-pyrrole nitrogens is 1. The number of fused-ring (bicyclic) bond motifs is 1. The highest BCUT2D eigenvalue weighted by Gasteiger charge is 2.17. The number of ether oxygens (including phenoxy) is 1. The second-order valence-corrected chi connectivity index (χ2v) is 7.66. The number of nitrogens with zero attached hydrogens (tertiary/aromatic N) is 3. The largest absolute Gasteiger partial charge is 0.436 e. The molecule has 164 valence electrons. The summed E-state index contributed by atoms with van der Waals surface area (Å²) < 4.78 is 34.7. The molecular formula is C23H22F2N6O. The van der Waals surface area contributed by atoms with Crippen LogP contribution in [0.15, 0.2) is 48.8 Å². The summed E-state index contributed by atoms with van der Waals surface area (Å²) in [5, 5.41) is 6.66. The van der Waals surface area contributed by atoms with Gasteiger partial charge in [-0.3, -0.25) is 0 Å². The van der Waals surface area contributed by atoms with E-state index < -0.39 is 11.6 Å². The zero-order chi connectivity index (χ0) is 22.1. The molecule has 1 aliphatic rings. The summed E-state index contributed by atoms with van der Waals surface area (Å²) in [4.78, 5) is 13.3. The number of aryl methyl sites for hydroxylation is 1. The highest BCUT2D eigenvalue weighted by Crippen LogP contribution is 2.32. The molecule has 1 aliphatic heterocycles. The van der Waals surface area contributed by atoms with Gasteiger partial charge in [-0.15, -0.1) is 0 Å². The van der Waals surface area contributed by atoms with E-state index in [0.29, 0.717) is 11.5 Å². The Balaban J connectivity index is 1.33. The standard InChI is InChI=1S/C23H22F2N6O/c1-14-10-17-22(25)19(11-18(24)23(17)29-14)32-21-12-20(27-13-28-21)30-15-2-4-16(5-3-15)31-8-6-26-7-9-31/h2-5,10-13,26,29H,6-9H2,1H3,(H,27,28,30). The number of anilines is 3. The van der Waals surface area contributed by atoms with Gasteiger partial charge in [0, 0.05) is 60.8 Å². The summed E-state index contributed by atoms with van der Waals surface area (Å²) in [5.74, 6) is -0.905. The fraction of sp³-hybridized carbons (Fsp3) is 0.217. The molecule has 3 heterocycles. The van der Waals surface area contributed by atoms with Crippen LogP contribution in [0.2, 0.25) is 0 Å². The second-order valence-electron chi connectivity index (χ2n) is 7.66. The van der Waals surface area contributed by atoms with E-state index in [9.17, 15) is 8.78 Å². The van der Waals surface area contributed by atoms with Crippen LogP contribution in [0.5, 0.6) is 11.6 Å². The van der Waals surface area contributed by atoms with Crippen molar-refractivity contribution in [3.05, 3.63) is 66.1 Å². The topological polar surface area (TPSA) is 78.1 Å². The van der Waals surface area contributed by atoms with Gasteiger partial charge in [-0.05, 0) is 37.3 Å². The van der Waals surface area contributed by atoms with Gasteiger partial charge in [-0.2, -0.15) is 0 Å². The van der Waals surface area contributed by atoms with Crippen LogP contribution in [0.3, 0.4) is 0 Å². The molecule has 0 bridgehead atoms. The lowest BCUT2D eigenvalue weighted by atomic mass is 10.2. The third kappa shape index (κ3) is 4.06. The van der Waals surface area contributed by atoms with Crippen molar-refractivity contribution in [2.45, 2.75) is 6.92 Å². The van der Waals surface area contributed by atoms with Gasteiger partial charge in [-0.25, -0.2) is 18.7 Å². The highest BCUT2D eigenvalue weighted by molar-refractivity contribution is 5.83. The van der Waals surface area contributed by atoms with E-state index in [1.807, 2.05) is 12.1 Å². The van der Waals surface area contributed by atoms with Crippen LogP contribution in [0, 0.1) is 18.6 Å². The normalized spacial score (nSPS) is 14.0. The number of piperazine rings is 1. The Morgan fingerprint density at radius 2 is 1.81 bits per heavy atom. The molecule has 3 N–H and O–H groups in total. The highest BCUT2D eigenvalue weighted by atomic mass is 19.1. The number of aromatic amines is 1. The van der Waals surface area contributed by atoms with Crippen molar-refractivity contribution in [2.24, 2.45) is 0 Å². The van der Waals surface area contributed by atoms with Crippen LogP contribution < -0.4 is 20.3 Å². The van der Waals surface area contributed by atoms with Crippen molar-refractivity contribution in [3.8, 4) is 11.6 Å². The maximum atomic E-state index is 14.8. The predicted octanol–water partition coefficient (Wildman–Crippen LogP) is 4.49. The molecule has 1 saturated heterocycles. The number of benzene rings is 2. The van der Waals surface area contributed by atoms with E-state index in [1.54, 1.807) is 6.92 Å². The Bertz CT molecular complexity index is 1250. The van der Waals surface area contributed by atoms with Gasteiger partial charge < -0.3 is 25.3 Å². The maximum absolute atomic E-state index is 14.8. The Morgan fingerprint density at radius 1 is 1.03 bits per heavy atom. The van der Waals surface area contributed by atoms with Gasteiger partial charge in [0.25, 0.3) is 0 Å². The van der Waals surface area contributed by atoms with E-state index >= 15 is 0 Å². The van der Waals surface area contributed by atoms with Crippen LogP contribution in [0.4, 0.5) is 26.0 Å². The molecular weight excluding hydrogens is 414 g/mol. The number of hydrogen-bond acceptors (Lipinski definition) is 6. The van der Waals surface area contributed by atoms with Gasteiger partial charge in [0.05, 0.1) is 5.52 Å². The van der Waals surface area contributed by atoms with E-state index in [4.69, 9.17) is 4.74 Å². The van der Waals surface area contributed by atoms with Crippen molar-refractivity contribution >= 4 is 28.1 Å². The van der Waals surface area contributed by atoms with Gasteiger partial charge in [0.2, 0.25) is 5.88 Å². The van der Waals surface area contributed by atoms with Crippen LogP contribution in [0.1, 0.15) is 5.69 Å². The summed E-state index contributed by atoms with van der Waals surface area (Å²) in [6.07, 6.45) is 1.31. The van der Waals surface area contributed by atoms with E-state index in [-0.39, 0.29) is 22.5 Å². The monoisotopic (exact) mass is 436 g/mol. The SMILES string of the molecule is Cc1cc2c(F)c(Oc3cc(Nc4ccc(N5CCNCC5)cc4)ncn3)cc(F)c2[nH]1. The fourth-order valence-electron chi connectivity index (χ4n) is 3.81. The minimum Gasteiger partial charge on any atom is -0.436 e. The molecule has 1 fully saturated rings. The minimum absolute atomic E-state index is 0.102. The zero-order valence-electron chi connectivity index (χ0n) is 17.5. The molecule has 0 atom stereocenters. The lowest BCUT2D eigenvalue weighted by molar-refractivity contribution is 0.426. The number of rotatable bonds is 5. The van der Waals surface area contributed by atoms with Crippen LogP contribution >= 0.6 is 0 Å². The second kappa shape index (κ2) is 8.43. The summed E-state index contributed by atoms with van der Waals surface area (Å²) in [6.45, 7) is 5.64. The third-order valence-corrected chi connectivity index (χ3v) is 5.38. The van der Waals surface area contributed by atoms with Gasteiger partial charge in [0.1, 0.15) is 12.1 Å². The maximum Gasteiger partial charge on any atom is 0.224 e. The molecule has 2 aromatic carbocycles. The van der Waals surface area contributed by atoms with Gasteiger partial charge >= 0.3 is 0 Å². The van der Waals surface area contributed by atoms with Gasteiger partial charge in [0.15, 0.2) is 17.4 Å². The molecule has 2 aromatic heterocycles. The first-order valence-electron chi connectivity index (χ1n) is 10.4. The Hall–Kier alpha value is -3.72. The summed E-state index contributed by atoms with van der Waals surface area (Å²) in [7, 11) is 0. The Labute approximate surface area is 183 Å². The molecule has 0 saturated carbocycles. The van der Waals surface area contributed by atoms with Crippen molar-refractivity contribution in [2.75, 3.05) is 36.4 Å². The average Bonchev–Trinajstić information content (AvgIpc) is 3.21. The number of halogens is 2. The van der Waals surface area contributed by atoms with Crippen LogP contribution in [0.25, 0.3) is 10.9 Å². The average molecular weight is 436 g/mol. The molecule has 0 aliphatic carbocycles. The van der Waals surface area contributed by atoms with Crippen molar-refractivity contribution < 1.29 is 13.5 Å². The molecule has 0 radical (unpaired) electrons. The third-order valence-electron chi connectivity index (χ3n) is 5.38. The molecule has 0 amide bonds.